The van der Waals surface area contributed by atoms with Crippen LogP contribution in [0.25, 0.3) is 0 Å². The lowest BCUT2D eigenvalue weighted by Crippen LogP contribution is -2.16. The van der Waals surface area contributed by atoms with Gasteiger partial charge in [0.25, 0.3) is 5.91 Å². The normalized spacial score (nSPS) is 9.90. The van der Waals surface area contributed by atoms with Crippen LogP contribution < -0.4 is 5.32 Å². The minimum Gasteiger partial charge on any atom is -0.464 e. The van der Waals surface area contributed by atoms with Crippen molar-refractivity contribution in [2.24, 2.45) is 0 Å². The first-order valence-corrected chi connectivity index (χ1v) is 5.72. The minimum absolute atomic E-state index is 0.0272. The van der Waals surface area contributed by atoms with Crippen LogP contribution >= 0.6 is 0 Å². The highest BCUT2D eigenvalue weighted by molar-refractivity contribution is 6.03. The van der Waals surface area contributed by atoms with E-state index < -0.39 is 17.7 Å². The standard InChI is InChI=1S/C14H11FN2O3/c1-20-14(19)12-7-3-6-11(17-12)13(18)16-10-5-2-4-9(15)8-10/h2-8H,1H3,(H,16,18). The average Bonchev–Trinajstić information content (AvgIpc) is 2.46. The summed E-state index contributed by atoms with van der Waals surface area (Å²) in [5, 5.41) is 2.49. The van der Waals surface area contributed by atoms with Gasteiger partial charge in [0.2, 0.25) is 0 Å². The molecule has 1 aromatic heterocycles. The molecule has 20 heavy (non-hydrogen) atoms. The molecule has 0 bridgehead atoms. The van der Waals surface area contributed by atoms with Crippen LogP contribution in [-0.4, -0.2) is 24.0 Å². The molecule has 0 atom stereocenters. The van der Waals surface area contributed by atoms with Gasteiger partial charge in [-0.25, -0.2) is 14.2 Å². The van der Waals surface area contributed by atoms with Gasteiger partial charge in [-0.05, 0) is 30.3 Å². The fraction of sp³-hybridized carbons (Fsp3) is 0.0714. The molecule has 0 aliphatic heterocycles. The lowest BCUT2D eigenvalue weighted by molar-refractivity contribution is 0.0594. The summed E-state index contributed by atoms with van der Waals surface area (Å²) < 4.78 is 17.5. The fourth-order valence-corrected chi connectivity index (χ4v) is 1.54. The van der Waals surface area contributed by atoms with Crippen LogP contribution in [0.4, 0.5) is 10.1 Å². The van der Waals surface area contributed by atoms with Crippen molar-refractivity contribution in [3.8, 4) is 0 Å². The summed E-state index contributed by atoms with van der Waals surface area (Å²) >= 11 is 0. The smallest absolute Gasteiger partial charge is 0.356 e. The van der Waals surface area contributed by atoms with Gasteiger partial charge in [0.15, 0.2) is 0 Å². The van der Waals surface area contributed by atoms with E-state index in [2.05, 4.69) is 15.0 Å². The Morgan fingerprint density at radius 3 is 2.55 bits per heavy atom. The molecule has 0 saturated heterocycles. The molecule has 6 heteroatoms. The minimum atomic E-state index is -0.634. The van der Waals surface area contributed by atoms with E-state index in [0.717, 1.165) is 0 Å². The molecule has 0 fully saturated rings. The van der Waals surface area contributed by atoms with E-state index in [-0.39, 0.29) is 11.4 Å². The van der Waals surface area contributed by atoms with Crippen molar-refractivity contribution in [3.05, 3.63) is 59.7 Å². The van der Waals surface area contributed by atoms with Crippen molar-refractivity contribution in [2.75, 3.05) is 12.4 Å². The number of benzene rings is 1. The van der Waals surface area contributed by atoms with Gasteiger partial charge in [-0.3, -0.25) is 4.79 Å². The second kappa shape index (κ2) is 5.92. The van der Waals surface area contributed by atoms with Gasteiger partial charge >= 0.3 is 5.97 Å². The molecule has 1 aromatic carbocycles. The second-order valence-corrected chi connectivity index (χ2v) is 3.86. The number of halogens is 1. The third-order valence-corrected chi connectivity index (χ3v) is 2.46. The molecule has 0 saturated carbocycles. The third kappa shape index (κ3) is 3.17. The highest BCUT2D eigenvalue weighted by Gasteiger charge is 2.12. The number of amides is 1. The van der Waals surface area contributed by atoms with Crippen molar-refractivity contribution < 1.29 is 18.7 Å². The Kier molecular flexibility index (Phi) is 4.05. The molecule has 1 amide bonds. The van der Waals surface area contributed by atoms with E-state index in [1.807, 2.05) is 0 Å². The van der Waals surface area contributed by atoms with Crippen molar-refractivity contribution in [3.63, 3.8) is 0 Å². The maximum absolute atomic E-state index is 13.0. The molecule has 1 heterocycles. The topological polar surface area (TPSA) is 68.3 Å². The summed E-state index contributed by atoms with van der Waals surface area (Å²) in [5.74, 6) is -1.63. The maximum atomic E-state index is 13.0. The number of rotatable bonds is 3. The summed E-state index contributed by atoms with van der Waals surface area (Å²) in [7, 11) is 1.23. The zero-order chi connectivity index (χ0) is 14.5. The number of pyridine rings is 1. The maximum Gasteiger partial charge on any atom is 0.356 e. The number of carbonyl (C=O) groups excluding carboxylic acids is 2. The number of nitrogens with zero attached hydrogens (tertiary/aromatic N) is 1. The predicted molar refractivity (Wildman–Crippen MR) is 69.9 cm³/mol. The SMILES string of the molecule is COC(=O)c1cccc(C(=O)Nc2cccc(F)c2)n1. The molecule has 0 aliphatic rings. The Bertz CT molecular complexity index is 658. The number of hydrogen-bond donors (Lipinski definition) is 1. The van der Waals surface area contributed by atoms with E-state index in [1.165, 1.54) is 43.5 Å². The third-order valence-electron chi connectivity index (χ3n) is 2.46. The number of carbonyl (C=O) groups is 2. The van der Waals surface area contributed by atoms with Crippen LogP contribution in [0.5, 0.6) is 0 Å². The Morgan fingerprint density at radius 1 is 1.15 bits per heavy atom. The Morgan fingerprint density at radius 2 is 1.85 bits per heavy atom. The van der Waals surface area contributed by atoms with E-state index in [4.69, 9.17) is 0 Å². The number of hydrogen-bond acceptors (Lipinski definition) is 4. The predicted octanol–water partition coefficient (Wildman–Crippen LogP) is 2.26. The zero-order valence-corrected chi connectivity index (χ0v) is 10.6. The number of nitrogens with one attached hydrogen (secondary N) is 1. The monoisotopic (exact) mass is 274 g/mol. The molecular formula is C14H11FN2O3. The summed E-state index contributed by atoms with van der Waals surface area (Å²) in [4.78, 5) is 27.1. The quantitative estimate of drug-likeness (QED) is 0.872. The Balaban J connectivity index is 2.19. The molecule has 2 aromatic rings. The Hall–Kier alpha value is -2.76. The molecule has 5 nitrogen and oxygen atoms in total. The second-order valence-electron chi connectivity index (χ2n) is 3.86. The first kappa shape index (κ1) is 13.7. The van der Waals surface area contributed by atoms with E-state index >= 15 is 0 Å². The number of aromatic nitrogens is 1. The van der Waals surface area contributed by atoms with E-state index in [1.54, 1.807) is 6.07 Å². The van der Waals surface area contributed by atoms with Crippen molar-refractivity contribution >= 4 is 17.6 Å². The van der Waals surface area contributed by atoms with Gasteiger partial charge < -0.3 is 10.1 Å². The fourth-order valence-electron chi connectivity index (χ4n) is 1.54. The summed E-state index contributed by atoms with van der Waals surface area (Å²) in [6.07, 6.45) is 0. The van der Waals surface area contributed by atoms with Gasteiger partial charge in [0.1, 0.15) is 17.2 Å². The molecule has 0 unspecified atom stereocenters. The first-order valence-electron chi connectivity index (χ1n) is 5.72. The van der Waals surface area contributed by atoms with Gasteiger partial charge in [-0.1, -0.05) is 12.1 Å². The molecule has 0 radical (unpaired) electrons. The molecule has 0 aliphatic carbocycles. The van der Waals surface area contributed by atoms with Gasteiger partial charge in [0, 0.05) is 5.69 Å². The van der Waals surface area contributed by atoms with Gasteiger partial charge in [0.05, 0.1) is 7.11 Å². The number of methoxy groups -OCH3 is 1. The van der Waals surface area contributed by atoms with Gasteiger partial charge in [-0.2, -0.15) is 0 Å². The largest absolute Gasteiger partial charge is 0.464 e. The number of esters is 1. The van der Waals surface area contributed by atoms with Crippen LogP contribution in [-0.2, 0) is 4.74 Å². The molecule has 1 N–H and O–H groups in total. The van der Waals surface area contributed by atoms with Crippen LogP contribution in [0.2, 0.25) is 0 Å². The van der Waals surface area contributed by atoms with Crippen molar-refractivity contribution in [1.82, 2.24) is 4.98 Å². The van der Waals surface area contributed by atoms with E-state index in [9.17, 15) is 14.0 Å². The highest BCUT2D eigenvalue weighted by Crippen LogP contribution is 2.11. The molecular weight excluding hydrogens is 263 g/mol. The van der Waals surface area contributed by atoms with E-state index in [0.29, 0.717) is 5.69 Å². The number of ether oxygens (including phenoxy) is 1. The van der Waals surface area contributed by atoms with Crippen LogP contribution in [0.15, 0.2) is 42.5 Å². The molecule has 102 valence electrons. The molecule has 2 rings (SSSR count). The van der Waals surface area contributed by atoms with Crippen molar-refractivity contribution in [1.29, 1.82) is 0 Å². The first-order chi connectivity index (χ1) is 9.60. The van der Waals surface area contributed by atoms with Crippen LogP contribution in [0.3, 0.4) is 0 Å². The lowest BCUT2D eigenvalue weighted by atomic mass is 10.2. The summed E-state index contributed by atoms with van der Waals surface area (Å²) in [6, 6.07) is 9.87. The Labute approximate surface area is 114 Å². The van der Waals surface area contributed by atoms with Crippen LogP contribution in [0, 0.1) is 5.82 Å². The lowest BCUT2D eigenvalue weighted by Gasteiger charge is -2.05. The van der Waals surface area contributed by atoms with Gasteiger partial charge in [-0.15, -0.1) is 0 Å². The molecule has 0 spiro atoms. The summed E-state index contributed by atoms with van der Waals surface area (Å²) in [6.45, 7) is 0. The van der Waals surface area contributed by atoms with Crippen LogP contribution in [0.1, 0.15) is 21.0 Å². The highest BCUT2D eigenvalue weighted by atomic mass is 19.1. The summed E-state index contributed by atoms with van der Waals surface area (Å²) in [5.41, 5.74) is 0.372. The van der Waals surface area contributed by atoms with Crippen molar-refractivity contribution in [2.45, 2.75) is 0 Å². The average molecular weight is 274 g/mol. The number of anilines is 1. The zero-order valence-electron chi connectivity index (χ0n) is 10.6.